The summed E-state index contributed by atoms with van der Waals surface area (Å²) < 4.78 is 44.8. The number of aryl methyl sites for hydroxylation is 1. The Morgan fingerprint density at radius 2 is 1.95 bits per heavy atom. The Bertz CT molecular complexity index is 1410. The average molecular weight is 539 g/mol. The highest BCUT2D eigenvalue weighted by Gasteiger charge is 2.40. The molecule has 0 saturated carbocycles. The zero-order valence-corrected chi connectivity index (χ0v) is 21.6. The molecule has 2 atom stereocenters. The number of hydrogen-bond donors (Lipinski definition) is 2. The number of anilines is 2. The first-order valence-corrected chi connectivity index (χ1v) is 12.9. The van der Waals surface area contributed by atoms with Crippen molar-refractivity contribution in [3.8, 4) is 11.1 Å². The number of nitrogens with zero attached hydrogens (tertiary/aromatic N) is 2. The van der Waals surface area contributed by atoms with Gasteiger partial charge in [0.2, 0.25) is 5.91 Å². The Kier molecular flexibility index (Phi) is 7.31. The summed E-state index contributed by atoms with van der Waals surface area (Å²) in [5, 5.41) is 5.66. The van der Waals surface area contributed by atoms with Crippen LogP contribution in [0.5, 0.6) is 0 Å². The van der Waals surface area contributed by atoms with Gasteiger partial charge in [-0.25, -0.2) is 0 Å². The maximum atomic E-state index is 13.0. The Morgan fingerprint density at radius 1 is 1.13 bits per heavy atom. The summed E-state index contributed by atoms with van der Waals surface area (Å²) in [5.41, 5.74) is 4.16. The molecule has 1 unspecified atom stereocenters. The molecule has 39 heavy (non-hydrogen) atoms. The van der Waals surface area contributed by atoms with Crippen molar-refractivity contribution in [3.05, 3.63) is 77.1 Å². The van der Waals surface area contributed by atoms with Gasteiger partial charge in [0, 0.05) is 36.2 Å². The largest absolute Gasteiger partial charge is 0.433 e. The second kappa shape index (κ2) is 10.7. The van der Waals surface area contributed by atoms with Crippen molar-refractivity contribution in [1.82, 2.24) is 10.3 Å². The van der Waals surface area contributed by atoms with Crippen LogP contribution in [-0.2, 0) is 22.1 Å². The van der Waals surface area contributed by atoms with Crippen LogP contribution in [0.2, 0.25) is 0 Å². The molecule has 1 fully saturated rings. The SMILES string of the molecule is CCNC(=O)C1Cc2ccc(-c3cc(NC(=O)c4ccnc(C(F)(F)F)c4)ccc3C)cc2N2CCOC[C@H]12. The molecule has 0 bridgehead atoms. The zero-order chi connectivity index (χ0) is 27.7. The molecule has 2 aliphatic rings. The third-order valence-corrected chi connectivity index (χ3v) is 7.27. The highest BCUT2D eigenvalue weighted by Crippen LogP contribution is 2.39. The van der Waals surface area contributed by atoms with Crippen molar-refractivity contribution < 1.29 is 27.5 Å². The van der Waals surface area contributed by atoms with E-state index in [4.69, 9.17) is 4.74 Å². The molecule has 10 heteroatoms. The van der Waals surface area contributed by atoms with E-state index in [9.17, 15) is 22.8 Å². The first-order chi connectivity index (χ1) is 18.7. The quantitative estimate of drug-likeness (QED) is 0.486. The number of morpholine rings is 1. The number of aromatic nitrogens is 1. The van der Waals surface area contributed by atoms with Crippen LogP contribution in [0.4, 0.5) is 24.5 Å². The Labute approximate surface area is 224 Å². The highest BCUT2D eigenvalue weighted by molar-refractivity contribution is 6.04. The van der Waals surface area contributed by atoms with Crippen LogP contribution in [0.15, 0.2) is 54.7 Å². The summed E-state index contributed by atoms with van der Waals surface area (Å²) in [6.07, 6.45) is -3.05. The number of halogens is 3. The van der Waals surface area contributed by atoms with E-state index in [-0.39, 0.29) is 23.4 Å². The minimum Gasteiger partial charge on any atom is -0.377 e. The number of pyridine rings is 1. The normalized spacial score (nSPS) is 18.6. The Morgan fingerprint density at radius 3 is 2.72 bits per heavy atom. The molecule has 1 aromatic heterocycles. The number of nitrogens with one attached hydrogen (secondary N) is 2. The number of alkyl halides is 3. The van der Waals surface area contributed by atoms with E-state index in [0.29, 0.717) is 38.4 Å². The zero-order valence-electron chi connectivity index (χ0n) is 21.6. The number of rotatable bonds is 5. The molecule has 0 radical (unpaired) electrons. The van der Waals surface area contributed by atoms with Crippen molar-refractivity contribution in [3.63, 3.8) is 0 Å². The van der Waals surface area contributed by atoms with Crippen LogP contribution in [0.3, 0.4) is 0 Å². The molecule has 204 valence electrons. The second-order valence-electron chi connectivity index (χ2n) is 9.80. The highest BCUT2D eigenvalue weighted by atomic mass is 19.4. The molecule has 2 aliphatic heterocycles. The van der Waals surface area contributed by atoms with Gasteiger partial charge in [0.25, 0.3) is 5.91 Å². The van der Waals surface area contributed by atoms with E-state index in [1.807, 2.05) is 38.1 Å². The topological polar surface area (TPSA) is 83.6 Å². The summed E-state index contributed by atoms with van der Waals surface area (Å²) in [5.74, 6) is -0.825. The van der Waals surface area contributed by atoms with Gasteiger partial charge < -0.3 is 20.3 Å². The van der Waals surface area contributed by atoms with Crippen molar-refractivity contribution >= 4 is 23.2 Å². The van der Waals surface area contributed by atoms with Gasteiger partial charge in [-0.2, -0.15) is 13.2 Å². The van der Waals surface area contributed by atoms with E-state index in [1.165, 1.54) is 6.07 Å². The minimum absolute atomic E-state index is 0.0311. The van der Waals surface area contributed by atoms with Gasteiger partial charge in [-0.3, -0.25) is 14.6 Å². The lowest BCUT2D eigenvalue weighted by atomic mass is 9.83. The van der Waals surface area contributed by atoms with Gasteiger partial charge in [-0.15, -0.1) is 0 Å². The van der Waals surface area contributed by atoms with Crippen LogP contribution < -0.4 is 15.5 Å². The number of amides is 2. The molecule has 3 aromatic rings. The van der Waals surface area contributed by atoms with Crippen LogP contribution >= 0.6 is 0 Å². The molecule has 2 amide bonds. The van der Waals surface area contributed by atoms with Crippen LogP contribution in [0.1, 0.15) is 34.1 Å². The lowest BCUT2D eigenvalue weighted by molar-refractivity contribution is -0.141. The molecule has 0 spiro atoms. The number of carbonyl (C=O) groups excluding carboxylic acids is 2. The number of benzene rings is 2. The smallest absolute Gasteiger partial charge is 0.377 e. The third kappa shape index (κ3) is 5.47. The molecular weight excluding hydrogens is 509 g/mol. The standard InChI is InChI=1S/C29H29F3N4O3/c1-3-33-28(38)23-12-19-6-5-18(13-24(19)36-10-11-39-16-25(23)36)22-15-21(7-4-17(22)2)35-27(37)20-8-9-34-26(14-20)29(30,31)32/h4-9,13-15,23,25H,3,10-12,16H2,1-2H3,(H,33,38)(H,35,37)/t23?,25-/m1/s1. The number of hydrogen-bond acceptors (Lipinski definition) is 5. The van der Waals surface area contributed by atoms with Gasteiger partial charge in [0.1, 0.15) is 5.69 Å². The lowest BCUT2D eigenvalue weighted by Crippen LogP contribution is -2.56. The van der Waals surface area contributed by atoms with Crippen molar-refractivity contribution in [2.75, 3.05) is 36.5 Å². The molecule has 3 heterocycles. The lowest BCUT2D eigenvalue weighted by Gasteiger charge is -2.45. The van der Waals surface area contributed by atoms with Crippen molar-refractivity contribution in [2.45, 2.75) is 32.5 Å². The van der Waals surface area contributed by atoms with E-state index in [1.54, 1.807) is 6.07 Å². The predicted octanol–water partition coefficient (Wildman–Crippen LogP) is 4.84. The molecule has 2 N–H and O–H groups in total. The molecule has 2 aromatic carbocycles. The van der Waals surface area contributed by atoms with Gasteiger partial charge in [-0.05, 0) is 72.9 Å². The average Bonchev–Trinajstić information content (AvgIpc) is 2.93. The maximum absolute atomic E-state index is 13.0. The summed E-state index contributed by atoms with van der Waals surface area (Å²) >= 11 is 0. The summed E-state index contributed by atoms with van der Waals surface area (Å²) in [7, 11) is 0. The summed E-state index contributed by atoms with van der Waals surface area (Å²) in [6, 6.07) is 13.5. The minimum atomic E-state index is -4.64. The Hall–Kier alpha value is -3.92. The number of ether oxygens (including phenoxy) is 1. The van der Waals surface area contributed by atoms with Gasteiger partial charge in [0.05, 0.1) is 25.2 Å². The molecular formula is C29H29F3N4O3. The first kappa shape index (κ1) is 26.7. The van der Waals surface area contributed by atoms with E-state index in [2.05, 4.69) is 26.6 Å². The predicted molar refractivity (Wildman–Crippen MR) is 142 cm³/mol. The van der Waals surface area contributed by atoms with Gasteiger partial charge in [0.15, 0.2) is 0 Å². The van der Waals surface area contributed by atoms with E-state index < -0.39 is 17.8 Å². The second-order valence-corrected chi connectivity index (χ2v) is 9.80. The fourth-order valence-corrected chi connectivity index (χ4v) is 5.31. The van der Waals surface area contributed by atoms with Crippen molar-refractivity contribution in [2.24, 2.45) is 5.92 Å². The molecule has 7 nitrogen and oxygen atoms in total. The third-order valence-electron chi connectivity index (χ3n) is 7.27. The van der Waals surface area contributed by atoms with Crippen LogP contribution in [0, 0.1) is 12.8 Å². The van der Waals surface area contributed by atoms with E-state index in [0.717, 1.165) is 40.2 Å². The van der Waals surface area contributed by atoms with E-state index >= 15 is 0 Å². The van der Waals surface area contributed by atoms with Crippen LogP contribution in [0.25, 0.3) is 11.1 Å². The van der Waals surface area contributed by atoms with Crippen LogP contribution in [-0.4, -0.2) is 49.1 Å². The summed E-state index contributed by atoms with van der Waals surface area (Å²) in [6.45, 7) is 6.18. The number of carbonyl (C=O) groups is 2. The molecule has 5 rings (SSSR count). The van der Waals surface area contributed by atoms with Gasteiger partial charge >= 0.3 is 6.18 Å². The monoisotopic (exact) mass is 538 g/mol. The maximum Gasteiger partial charge on any atom is 0.433 e. The van der Waals surface area contributed by atoms with Crippen molar-refractivity contribution in [1.29, 1.82) is 0 Å². The Balaban J connectivity index is 1.43. The number of fused-ring (bicyclic) bond motifs is 3. The van der Waals surface area contributed by atoms with Gasteiger partial charge in [-0.1, -0.05) is 18.2 Å². The fourth-order valence-electron chi connectivity index (χ4n) is 5.31. The first-order valence-electron chi connectivity index (χ1n) is 12.9. The molecule has 1 saturated heterocycles. The summed E-state index contributed by atoms with van der Waals surface area (Å²) in [4.78, 5) is 31.1. The fraction of sp³-hybridized carbons (Fsp3) is 0.345. The molecule has 0 aliphatic carbocycles.